The second-order valence-electron chi connectivity index (χ2n) is 13.1. The van der Waals surface area contributed by atoms with Gasteiger partial charge in [0.2, 0.25) is 0 Å². The summed E-state index contributed by atoms with van der Waals surface area (Å²) in [5, 5.41) is 0. The summed E-state index contributed by atoms with van der Waals surface area (Å²) in [4.78, 5) is 0. The molecule has 5 aliphatic carbocycles. The first-order valence-corrected chi connectivity index (χ1v) is 16.5. The minimum absolute atomic E-state index is 0. The van der Waals surface area contributed by atoms with Crippen LogP contribution in [0.1, 0.15) is 73.1 Å². The van der Waals surface area contributed by atoms with Gasteiger partial charge in [-0.25, -0.2) is 5.57 Å². The van der Waals surface area contributed by atoms with Crippen molar-refractivity contribution in [1.82, 2.24) is 0 Å². The molecule has 4 fully saturated rings. The Kier molecular flexibility index (Phi) is 14.5. The Hall–Kier alpha value is -1.49. The molecule has 3 atom stereocenters. The van der Waals surface area contributed by atoms with Gasteiger partial charge in [-0.15, -0.1) is 12.5 Å². The predicted molar refractivity (Wildman–Crippen MR) is 183 cm³/mol. The van der Waals surface area contributed by atoms with E-state index in [1.807, 2.05) is 18.2 Å². The molecule has 8 rings (SSSR count). The van der Waals surface area contributed by atoms with Gasteiger partial charge in [0.05, 0.1) is 0 Å². The molecule has 223 valence electrons. The smallest absolute Gasteiger partial charge is 0 e. The summed E-state index contributed by atoms with van der Waals surface area (Å²) in [5.74, 6) is 2.41. The Labute approximate surface area is 284 Å². The van der Waals surface area contributed by atoms with Gasteiger partial charge < -0.3 is 13.2 Å². The van der Waals surface area contributed by atoms with Crippen LogP contribution in [0.15, 0.2) is 108 Å². The third-order valence-corrected chi connectivity index (χ3v) is 10.3. The van der Waals surface area contributed by atoms with E-state index in [0.29, 0.717) is 11.3 Å². The van der Waals surface area contributed by atoms with Crippen LogP contribution in [0.2, 0.25) is 0 Å². The quantitative estimate of drug-likeness (QED) is 0.174. The van der Waals surface area contributed by atoms with Gasteiger partial charge in [0.15, 0.2) is 0 Å². The molecule has 3 heteroatoms. The standard InChI is InChI=1S/C12H10.C11H18N.C9H13.C6H7Ge.CH3.Hf/c1-3-7-11(8-4-1)12-9-5-2-6-10-12;1-10-3-8-2-9(4-10)6-11(12,5-8)7-10;1-6-5-7(2)9(4)8(6)3;7-6-4-2-1-3-5-6;;/h1-10H;8-9,12H,2-7H2,1H3;6H,1-4H3;1-5H,7H2;1H3;/q;2*-1;;-1;. The molecule has 4 bridgehead atoms. The zero-order chi connectivity index (χ0) is 28.8. The molecule has 0 aromatic heterocycles. The van der Waals surface area contributed by atoms with Crippen LogP contribution in [0.3, 0.4) is 0 Å². The molecule has 1 N–H and O–H groups in total. The van der Waals surface area contributed by atoms with Gasteiger partial charge in [0.1, 0.15) is 0 Å². The van der Waals surface area contributed by atoms with E-state index in [9.17, 15) is 0 Å². The number of benzene rings is 3. The molecule has 42 heavy (non-hydrogen) atoms. The largest absolute Gasteiger partial charge is 0.0622 e. The first-order chi connectivity index (χ1) is 19.1. The summed E-state index contributed by atoms with van der Waals surface area (Å²) in [6.45, 7) is 11.1. The summed E-state index contributed by atoms with van der Waals surface area (Å²) in [6, 6.07) is 31.2. The molecule has 0 aliphatic heterocycles. The topological polar surface area (TPSA) is 23.8 Å². The normalized spacial score (nSPS) is 27.9. The fourth-order valence-electron chi connectivity index (χ4n) is 7.62. The van der Waals surface area contributed by atoms with Crippen LogP contribution >= 0.6 is 0 Å². The van der Waals surface area contributed by atoms with Gasteiger partial charge >= 0.3 is 51.2 Å². The molecule has 0 saturated heterocycles. The maximum absolute atomic E-state index is 8.34. The summed E-state index contributed by atoms with van der Waals surface area (Å²) >= 11 is 1.26. The number of nitrogens with one attached hydrogen (secondary N) is 1. The van der Waals surface area contributed by atoms with Crippen molar-refractivity contribution >= 4 is 20.9 Å². The van der Waals surface area contributed by atoms with E-state index >= 15 is 0 Å². The van der Waals surface area contributed by atoms with Gasteiger partial charge in [0, 0.05) is 25.8 Å². The van der Waals surface area contributed by atoms with E-state index in [2.05, 4.69) is 113 Å². The van der Waals surface area contributed by atoms with Crippen molar-refractivity contribution in [3.05, 3.63) is 127 Å². The summed E-state index contributed by atoms with van der Waals surface area (Å²) < 4.78 is 1.45. The van der Waals surface area contributed by atoms with Crippen molar-refractivity contribution in [3.63, 3.8) is 0 Å². The van der Waals surface area contributed by atoms with Crippen LogP contribution in [0.25, 0.3) is 16.9 Å². The van der Waals surface area contributed by atoms with Crippen LogP contribution in [0.4, 0.5) is 0 Å². The maximum atomic E-state index is 8.34. The maximum Gasteiger partial charge on any atom is 0 e. The van der Waals surface area contributed by atoms with Gasteiger partial charge in [-0.1, -0.05) is 114 Å². The van der Waals surface area contributed by atoms with Crippen molar-refractivity contribution in [2.75, 3.05) is 0 Å². The second-order valence-corrected chi connectivity index (χ2v) is 14.8. The molecule has 0 amide bonds. The van der Waals surface area contributed by atoms with Gasteiger partial charge in [-0.05, 0) is 47.6 Å². The van der Waals surface area contributed by atoms with Crippen molar-refractivity contribution in [2.24, 2.45) is 23.2 Å². The van der Waals surface area contributed by atoms with Crippen LogP contribution < -0.4 is 4.40 Å². The third kappa shape index (κ3) is 10.3. The average molecular weight is 785 g/mol. The number of allylic oxidation sites excluding steroid dienone is 4. The molecular formula is C39H51GeHfN-3. The Balaban J connectivity index is 0.000000197. The monoisotopic (exact) mass is 787 g/mol. The van der Waals surface area contributed by atoms with E-state index in [4.69, 9.17) is 5.73 Å². The molecule has 0 heterocycles. The molecule has 4 saturated carbocycles. The molecule has 3 unspecified atom stereocenters. The first-order valence-electron chi connectivity index (χ1n) is 15.1. The van der Waals surface area contributed by atoms with E-state index in [0.717, 1.165) is 11.8 Å². The van der Waals surface area contributed by atoms with E-state index in [1.165, 1.54) is 87.3 Å². The van der Waals surface area contributed by atoms with E-state index in [1.54, 1.807) is 0 Å². The summed E-state index contributed by atoms with van der Waals surface area (Å²) in [7, 11) is 0. The van der Waals surface area contributed by atoms with Crippen LogP contribution in [0, 0.1) is 36.7 Å². The molecule has 0 spiro atoms. The molecular weight excluding hydrogens is 734 g/mol. The predicted octanol–water partition coefficient (Wildman–Crippen LogP) is 9.87. The zero-order valence-corrected chi connectivity index (χ0v) is 33.4. The minimum Gasteiger partial charge on any atom is -0.0622 e. The Morgan fingerprint density at radius 2 is 1.17 bits per heavy atom. The van der Waals surface area contributed by atoms with E-state index in [-0.39, 0.29) is 38.8 Å². The van der Waals surface area contributed by atoms with Gasteiger partial charge in [-0.2, -0.15) is 11.1 Å². The zero-order valence-electron chi connectivity index (χ0n) is 26.8. The Morgan fingerprint density at radius 1 is 0.738 bits per heavy atom. The number of rotatable bonds is 1. The van der Waals surface area contributed by atoms with Crippen LogP contribution in [-0.2, 0) is 25.8 Å². The SMILES string of the molecule is CC12CC3CC(C1)CC([NH-])(C3)C2.CC1=[C-]C(C)C(C)=C1C.[CH3-].[GeH2][c]1ccccc1.[Hf].c1ccc(-c2ccccc2)cc1. The van der Waals surface area contributed by atoms with Crippen molar-refractivity contribution in [1.29, 1.82) is 0 Å². The molecule has 3 aromatic rings. The first kappa shape index (κ1) is 36.7. The molecule has 1 radical (unpaired) electrons. The van der Waals surface area contributed by atoms with Crippen molar-refractivity contribution < 1.29 is 25.8 Å². The Morgan fingerprint density at radius 3 is 1.43 bits per heavy atom. The fourth-order valence-corrected chi connectivity index (χ4v) is 8.19. The van der Waals surface area contributed by atoms with Crippen molar-refractivity contribution in [3.8, 4) is 11.1 Å². The van der Waals surface area contributed by atoms with Gasteiger partial charge in [-0.3, -0.25) is 6.08 Å². The van der Waals surface area contributed by atoms with Gasteiger partial charge in [0.25, 0.3) is 0 Å². The van der Waals surface area contributed by atoms with Crippen LogP contribution in [-0.4, -0.2) is 22.1 Å². The minimum atomic E-state index is 0. The molecule has 5 aliphatic rings. The molecule has 1 nitrogen and oxygen atoms in total. The Bertz CT molecular complexity index is 1210. The fraction of sp³-hybridized carbons (Fsp3) is 0.410. The average Bonchev–Trinajstić information content (AvgIpc) is 3.14. The van der Waals surface area contributed by atoms with E-state index < -0.39 is 0 Å². The summed E-state index contributed by atoms with van der Waals surface area (Å²) in [6.07, 6.45) is 11.3. The second kappa shape index (κ2) is 16.5. The third-order valence-electron chi connectivity index (χ3n) is 9.31. The van der Waals surface area contributed by atoms with Crippen molar-refractivity contribution in [2.45, 2.75) is 78.7 Å². The number of hydrogen-bond donors (Lipinski definition) is 0. The molecule has 3 aromatic carbocycles. The van der Waals surface area contributed by atoms with Crippen LogP contribution in [0.5, 0.6) is 0 Å². The summed E-state index contributed by atoms with van der Waals surface area (Å²) in [5.41, 5.74) is 15.7. The number of hydrogen-bond acceptors (Lipinski definition) is 0.